The Morgan fingerprint density at radius 2 is 1.73 bits per heavy atom. The Balaban J connectivity index is 2.99. The van der Waals surface area contributed by atoms with E-state index in [1.807, 2.05) is 0 Å². The van der Waals surface area contributed by atoms with Crippen molar-refractivity contribution in [3.63, 3.8) is 0 Å². The average molecular weight is 332 g/mol. The van der Waals surface area contributed by atoms with Gasteiger partial charge in [0.05, 0.1) is 0 Å². The van der Waals surface area contributed by atoms with Gasteiger partial charge in [0.15, 0.2) is 11.5 Å². The summed E-state index contributed by atoms with van der Waals surface area (Å²) in [4.78, 5) is 7.65. The zero-order chi connectivity index (χ0) is 11.9. The SMILES string of the molecule is CC1(C(Cl)(Cl)Cl)N=CN=C(C(Cl)(Cl)Cl)N1. The number of halogens is 6. The maximum absolute atomic E-state index is 5.74. The van der Waals surface area contributed by atoms with Crippen LogP contribution in [0.15, 0.2) is 9.98 Å². The smallest absolute Gasteiger partial charge is 0.247 e. The summed E-state index contributed by atoms with van der Waals surface area (Å²) in [6, 6.07) is 0. The molecule has 3 nitrogen and oxygen atoms in total. The minimum Gasteiger partial charge on any atom is -0.343 e. The third-order valence-electron chi connectivity index (χ3n) is 1.69. The molecule has 0 aromatic heterocycles. The van der Waals surface area contributed by atoms with Gasteiger partial charge < -0.3 is 5.32 Å². The van der Waals surface area contributed by atoms with Gasteiger partial charge in [0.2, 0.25) is 7.59 Å². The molecule has 0 amide bonds. The van der Waals surface area contributed by atoms with Gasteiger partial charge in [0, 0.05) is 0 Å². The molecule has 0 bridgehead atoms. The molecule has 86 valence electrons. The summed E-state index contributed by atoms with van der Waals surface area (Å²) in [5.74, 6) is 0.0522. The molecule has 0 saturated carbocycles. The topological polar surface area (TPSA) is 36.8 Å². The molecule has 1 aliphatic rings. The van der Waals surface area contributed by atoms with Gasteiger partial charge in [-0.25, -0.2) is 9.98 Å². The molecular weight excluding hydrogens is 327 g/mol. The summed E-state index contributed by atoms with van der Waals surface area (Å²) in [5.41, 5.74) is -1.22. The van der Waals surface area contributed by atoms with Gasteiger partial charge in [-0.15, -0.1) is 0 Å². The first-order valence-electron chi connectivity index (χ1n) is 3.60. The summed E-state index contributed by atoms with van der Waals surface area (Å²) in [6.07, 6.45) is 1.18. The number of hydrogen-bond donors (Lipinski definition) is 1. The monoisotopic (exact) mass is 329 g/mol. The number of aliphatic imine (C=N–C) groups is 2. The summed E-state index contributed by atoms with van der Waals surface area (Å²) in [5, 5.41) is 2.67. The highest BCUT2D eigenvalue weighted by Gasteiger charge is 2.48. The molecule has 15 heavy (non-hydrogen) atoms. The van der Waals surface area contributed by atoms with Crippen molar-refractivity contribution in [2.75, 3.05) is 0 Å². The van der Waals surface area contributed by atoms with Gasteiger partial charge in [-0.2, -0.15) is 0 Å². The predicted octanol–water partition coefficient (Wildman–Crippen LogP) is 3.47. The van der Waals surface area contributed by atoms with E-state index in [0.717, 1.165) is 0 Å². The van der Waals surface area contributed by atoms with E-state index in [0.29, 0.717) is 0 Å². The van der Waals surface area contributed by atoms with E-state index in [1.165, 1.54) is 6.34 Å². The van der Waals surface area contributed by atoms with Gasteiger partial charge in [-0.3, -0.25) is 0 Å². The van der Waals surface area contributed by atoms with Gasteiger partial charge in [0.25, 0.3) is 0 Å². The van der Waals surface area contributed by atoms with Crippen LogP contribution in [0.1, 0.15) is 6.92 Å². The Kier molecular flexibility index (Phi) is 3.98. The maximum atomic E-state index is 5.74. The van der Waals surface area contributed by atoms with E-state index in [9.17, 15) is 0 Å². The highest BCUT2D eigenvalue weighted by atomic mass is 35.6. The van der Waals surface area contributed by atoms with Crippen molar-refractivity contribution in [2.24, 2.45) is 9.98 Å². The molecule has 0 fully saturated rings. The Labute approximate surface area is 117 Å². The molecular formula is C6H5Cl6N3. The summed E-state index contributed by atoms with van der Waals surface area (Å²) < 4.78 is -3.41. The predicted molar refractivity (Wildman–Crippen MR) is 68.0 cm³/mol. The number of rotatable bonds is 0. The second kappa shape index (κ2) is 4.28. The Morgan fingerprint density at radius 1 is 1.20 bits per heavy atom. The molecule has 1 unspecified atom stereocenters. The number of amidine groups is 1. The van der Waals surface area contributed by atoms with Crippen molar-refractivity contribution < 1.29 is 0 Å². The highest BCUT2D eigenvalue weighted by Crippen LogP contribution is 2.41. The number of nitrogens with zero attached hydrogens (tertiary/aromatic N) is 2. The second-order valence-electron chi connectivity index (χ2n) is 2.92. The van der Waals surface area contributed by atoms with Crippen LogP contribution in [0.5, 0.6) is 0 Å². The quantitative estimate of drug-likeness (QED) is 0.678. The largest absolute Gasteiger partial charge is 0.343 e. The van der Waals surface area contributed by atoms with Crippen molar-refractivity contribution in [3.8, 4) is 0 Å². The maximum Gasteiger partial charge on any atom is 0.247 e. The third-order valence-corrected chi connectivity index (χ3v) is 3.33. The van der Waals surface area contributed by atoms with Gasteiger partial charge in [0.1, 0.15) is 6.34 Å². The highest BCUT2D eigenvalue weighted by molar-refractivity contribution is 6.77. The minimum absolute atomic E-state index is 0.0522. The minimum atomic E-state index is -1.72. The zero-order valence-electron chi connectivity index (χ0n) is 7.24. The molecule has 0 saturated heterocycles. The molecule has 1 atom stereocenters. The number of hydrogen-bond acceptors (Lipinski definition) is 3. The normalized spacial score (nSPS) is 27.3. The van der Waals surface area contributed by atoms with E-state index in [-0.39, 0.29) is 5.84 Å². The van der Waals surface area contributed by atoms with Crippen LogP contribution in [0, 0.1) is 0 Å². The van der Waals surface area contributed by atoms with Gasteiger partial charge >= 0.3 is 0 Å². The summed E-state index contributed by atoms with van der Waals surface area (Å²) in [6.45, 7) is 1.54. The third kappa shape index (κ3) is 3.18. The molecule has 0 spiro atoms. The fourth-order valence-corrected chi connectivity index (χ4v) is 1.36. The summed E-state index contributed by atoms with van der Waals surface area (Å²) in [7, 11) is 0. The van der Waals surface area contributed by atoms with Crippen LogP contribution >= 0.6 is 69.6 Å². The fourth-order valence-electron chi connectivity index (χ4n) is 0.785. The van der Waals surface area contributed by atoms with Crippen LogP contribution < -0.4 is 5.32 Å². The van der Waals surface area contributed by atoms with Crippen LogP contribution in [0.25, 0.3) is 0 Å². The van der Waals surface area contributed by atoms with Crippen LogP contribution in [0.2, 0.25) is 0 Å². The molecule has 1 aliphatic heterocycles. The first kappa shape index (κ1) is 13.9. The molecule has 1 rings (SSSR count). The number of alkyl halides is 6. The van der Waals surface area contributed by atoms with E-state index in [2.05, 4.69) is 15.3 Å². The second-order valence-corrected chi connectivity index (χ2v) is 7.48. The molecule has 1 N–H and O–H groups in total. The Morgan fingerprint density at radius 3 is 2.13 bits per heavy atom. The van der Waals surface area contributed by atoms with Crippen molar-refractivity contribution in [1.82, 2.24) is 5.32 Å². The summed E-state index contributed by atoms with van der Waals surface area (Å²) >= 11 is 34.1. The Bertz CT molecular complexity index is 314. The molecule has 0 aliphatic carbocycles. The van der Waals surface area contributed by atoms with Crippen LogP contribution in [-0.4, -0.2) is 25.4 Å². The Hall–Kier alpha value is 0.880. The zero-order valence-corrected chi connectivity index (χ0v) is 11.8. The lowest BCUT2D eigenvalue weighted by Crippen LogP contribution is -2.58. The number of nitrogens with one attached hydrogen (secondary N) is 1. The molecule has 1 heterocycles. The fraction of sp³-hybridized carbons (Fsp3) is 0.667. The first-order valence-corrected chi connectivity index (χ1v) is 5.87. The van der Waals surface area contributed by atoms with E-state index in [4.69, 9.17) is 69.6 Å². The van der Waals surface area contributed by atoms with Crippen molar-refractivity contribution >= 4 is 81.8 Å². The van der Waals surface area contributed by atoms with Crippen molar-refractivity contribution in [2.45, 2.75) is 20.2 Å². The van der Waals surface area contributed by atoms with E-state index < -0.39 is 13.2 Å². The van der Waals surface area contributed by atoms with Crippen LogP contribution in [0.3, 0.4) is 0 Å². The molecule has 9 heteroatoms. The molecule has 0 aromatic rings. The standard InChI is InChI=1S/C6H5Cl6N3/c1-4(6(10,11)12)14-2-13-3(15-4)5(7,8)9/h2H,1H3,(H,13,14,15). The van der Waals surface area contributed by atoms with Crippen LogP contribution in [0.4, 0.5) is 0 Å². The van der Waals surface area contributed by atoms with Gasteiger partial charge in [-0.05, 0) is 6.92 Å². The van der Waals surface area contributed by atoms with E-state index in [1.54, 1.807) is 6.92 Å². The van der Waals surface area contributed by atoms with Crippen molar-refractivity contribution in [1.29, 1.82) is 0 Å². The lowest BCUT2D eigenvalue weighted by atomic mass is 10.2. The van der Waals surface area contributed by atoms with Gasteiger partial charge in [-0.1, -0.05) is 69.6 Å². The first-order chi connectivity index (χ1) is 6.56. The van der Waals surface area contributed by atoms with Crippen LogP contribution in [-0.2, 0) is 0 Å². The van der Waals surface area contributed by atoms with E-state index >= 15 is 0 Å². The van der Waals surface area contributed by atoms with Crippen molar-refractivity contribution in [3.05, 3.63) is 0 Å². The average Bonchev–Trinajstić information content (AvgIpc) is 2.00. The molecule has 0 aromatic carbocycles. The molecule has 0 radical (unpaired) electrons. The lowest BCUT2D eigenvalue weighted by molar-refractivity contribution is 0.441. The lowest BCUT2D eigenvalue weighted by Gasteiger charge is -2.37.